The third-order valence-corrected chi connectivity index (χ3v) is 3.63. The van der Waals surface area contributed by atoms with Crippen LogP contribution in [-0.2, 0) is 6.54 Å². The van der Waals surface area contributed by atoms with Crippen LogP contribution in [-0.4, -0.2) is 29.4 Å². The van der Waals surface area contributed by atoms with Crippen LogP contribution in [0.1, 0.15) is 5.56 Å². The standard InChI is InChI=1S/C13H15F2N3S/c1-16-6-10-7-17-18-13(10)9-2-4-11(5-3-9)19-8-12(14)15/h2-5,7,12,16H,6,8H2,1H3,(H,17,18). The number of hydrogen-bond acceptors (Lipinski definition) is 3. The number of H-pyrrole nitrogens is 1. The molecule has 0 aliphatic carbocycles. The summed E-state index contributed by atoms with van der Waals surface area (Å²) in [6.45, 7) is 0.730. The normalized spacial score (nSPS) is 11.2. The molecule has 2 aromatic rings. The van der Waals surface area contributed by atoms with E-state index in [9.17, 15) is 8.78 Å². The van der Waals surface area contributed by atoms with Gasteiger partial charge in [-0.1, -0.05) is 12.1 Å². The third-order valence-electron chi connectivity index (χ3n) is 2.60. The van der Waals surface area contributed by atoms with Gasteiger partial charge in [0.1, 0.15) is 0 Å². The van der Waals surface area contributed by atoms with Gasteiger partial charge >= 0.3 is 0 Å². The lowest BCUT2D eigenvalue weighted by molar-refractivity contribution is 0.177. The fraction of sp³-hybridized carbons (Fsp3) is 0.308. The topological polar surface area (TPSA) is 40.7 Å². The minimum atomic E-state index is -2.28. The number of rotatable bonds is 6. The first kappa shape index (κ1) is 14.0. The molecular formula is C13H15F2N3S. The molecule has 0 fully saturated rings. The number of aromatic amines is 1. The Hall–Kier alpha value is -1.40. The number of nitrogens with one attached hydrogen (secondary N) is 2. The van der Waals surface area contributed by atoms with E-state index in [1.807, 2.05) is 31.3 Å². The van der Waals surface area contributed by atoms with E-state index in [0.29, 0.717) is 0 Å². The summed E-state index contributed by atoms with van der Waals surface area (Å²) in [6.07, 6.45) is -0.495. The molecule has 0 saturated heterocycles. The van der Waals surface area contributed by atoms with Gasteiger partial charge in [-0.3, -0.25) is 5.10 Å². The van der Waals surface area contributed by atoms with Crippen LogP contribution >= 0.6 is 11.8 Å². The molecule has 0 spiro atoms. The zero-order chi connectivity index (χ0) is 13.7. The second-order valence-corrected chi connectivity index (χ2v) is 5.12. The Morgan fingerprint density at radius 3 is 2.68 bits per heavy atom. The van der Waals surface area contributed by atoms with Crippen molar-refractivity contribution in [3.8, 4) is 11.3 Å². The maximum Gasteiger partial charge on any atom is 0.247 e. The molecule has 1 heterocycles. The fourth-order valence-electron chi connectivity index (χ4n) is 1.76. The van der Waals surface area contributed by atoms with Crippen molar-refractivity contribution < 1.29 is 8.78 Å². The molecule has 102 valence electrons. The Balaban J connectivity index is 2.11. The number of halogens is 2. The van der Waals surface area contributed by atoms with Crippen LogP contribution in [0.5, 0.6) is 0 Å². The highest BCUT2D eigenvalue weighted by Gasteiger charge is 2.08. The Kier molecular flexibility index (Phi) is 4.93. The number of thioether (sulfide) groups is 1. The largest absolute Gasteiger partial charge is 0.316 e. The molecule has 1 aromatic carbocycles. The molecule has 0 amide bonds. The number of benzene rings is 1. The Bertz CT molecular complexity index is 511. The van der Waals surface area contributed by atoms with E-state index in [0.717, 1.165) is 40.0 Å². The number of hydrogen-bond donors (Lipinski definition) is 2. The van der Waals surface area contributed by atoms with Gasteiger partial charge in [-0.25, -0.2) is 8.78 Å². The van der Waals surface area contributed by atoms with Crippen molar-refractivity contribution in [3.63, 3.8) is 0 Å². The summed E-state index contributed by atoms with van der Waals surface area (Å²) in [5, 5.41) is 10.1. The minimum absolute atomic E-state index is 0.172. The number of nitrogens with zero attached hydrogens (tertiary/aromatic N) is 1. The van der Waals surface area contributed by atoms with E-state index in [-0.39, 0.29) is 5.75 Å². The third kappa shape index (κ3) is 3.78. The predicted octanol–water partition coefficient (Wildman–Crippen LogP) is 3.15. The van der Waals surface area contributed by atoms with E-state index in [1.165, 1.54) is 0 Å². The Labute approximate surface area is 114 Å². The van der Waals surface area contributed by atoms with Crippen LogP contribution in [0.25, 0.3) is 11.3 Å². The summed E-state index contributed by atoms with van der Waals surface area (Å²) < 4.78 is 24.2. The van der Waals surface area contributed by atoms with Crippen LogP contribution in [0.2, 0.25) is 0 Å². The van der Waals surface area contributed by atoms with Crippen LogP contribution in [0, 0.1) is 0 Å². The molecule has 0 radical (unpaired) electrons. The highest BCUT2D eigenvalue weighted by molar-refractivity contribution is 7.99. The molecule has 0 saturated carbocycles. The van der Waals surface area contributed by atoms with Gasteiger partial charge in [-0.15, -0.1) is 11.8 Å². The maximum absolute atomic E-state index is 12.1. The summed E-state index contributed by atoms with van der Waals surface area (Å²) in [7, 11) is 1.88. The molecule has 6 heteroatoms. The molecular weight excluding hydrogens is 268 g/mol. The van der Waals surface area contributed by atoms with Crippen LogP contribution < -0.4 is 5.32 Å². The minimum Gasteiger partial charge on any atom is -0.316 e. The molecule has 0 unspecified atom stereocenters. The average Bonchev–Trinajstić information content (AvgIpc) is 2.86. The van der Waals surface area contributed by atoms with Crippen molar-refractivity contribution in [2.24, 2.45) is 0 Å². The summed E-state index contributed by atoms with van der Waals surface area (Å²) in [5.74, 6) is -0.172. The summed E-state index contributed by atoms with van der Waals surface area (Å²) >= 11 is 1.16. The van der Waals surface area contributed by atoms with Crippen molar-refractivity contribution >= 4 is 11.8 Å². The highest BCUT2D eigenvalue weighted by atomic mass is 32.2. The summed E-state index contributed by atoms with van der Waals surface area (Å²) in [5.41, 5.74) is 3.04. The molecule has 0 atom stereocenters. The lowest BCUT2D eigenvalue weighted by Gasteiger charge is -2.05. The molecule has 1 aromatic heterocycles. The first-order valence-corrected chi connectivity index (χ1v) is 6.87. The van der Waals surface area contributed by atoms with Crippen molar-refractivity contribution in [1.82, 2.24) is 15.5 Å². The van der Waals surface area contributed by atoms with Gasteiger partial charge in [-0.05, 0) is 24.7 Å². The second-order valence-electron chi connectivity index (χ2n) is 4.03. The van der Waals surface area contributed by atoms with Gasteiger partial charge in [0, 0.05) is 17.0 Å². The van der Waals surface area contributed by atoms with E-state index < -0.39 is 6.43 Å². The zero-order valence-electron chi connectivity index (χ0n) is 10.5. The monoisotopic (exact) mass is 283 g/mol. The maximum atomic E-state index is 12.1. The van der Waals surface area contributed by atoms with Crippen molar-refractivity contribution in [1.29, 1.82) is 0 Å². The molecule has 3 nitrogen and oxygen atoms in total. The lowest BCUT2D eigenvalue weighted by Crippen LogP contribution is -2.05. The van der Waals surface area contributed by atoms with Gasteiger partial charge in [0.2, 0.25) is 6.43 Å². The van der Waals surface area contributed by atoms with Crippen molar-refractivity contribution in [2.75, 3.05) is 12.8 Å². The molecule has 0 aliphatic heterocycles. The molecule has 2 N–H and O–H groups in total. The second kappa shape index (κ2) is 6.68. The van der Waals surface area contributed by atoms with E-state index in [2.05, 4.69) is 15.5 Å². The Morgan fingerprint density at radius 1 is 1.32 bits per heavy atom. The molecule has 19 heavy (non-hydrogen) atoms. The van der Waals surface area contributed by atoms with E-state index in [1.54, 1.807) is 6.20 Å². The number of alkyl halides is 2. The van der Waals surface area contributed by atoms with Crippen molar-refractivity contribution in [3.05, 3.63) is 36.0 Å². The molecule has 2 rings (SSSR count). The molecule has 0 aliphatic rings. The first-order chi connectivity index (χ1) is 9.20. The van der Waals surface area contributed by atoms with E-state index >= 15 is 0 Å². The van der Waals surface area contributed by atoms with Gasteiger partial charge in [-0.2, -0.15) is 5.10 Å². The van der Waals surface area contributed by atoms with Crippen molar-refractivity contribution in [2.45, 2.75) is 17.9 Å². The van der Waals surface area contributed by atoms with E-state index in [4.69, 9.17) is 0 Å². The van der Waals surface area contributed by atoms with Crippen LogP contribution in [0.15, 0.2) is 35.4 Å². The van der Waals surface area contributed by atoms with Gasteiger partial charge in [0.15, 0.2) is 0 Å². The highest BCUT2D eigenvalue weighted by Crippen LogP contribution is 2.25. The summed E-state index contributed by atoms with van der Waals surface area (Å²) in [4.78, 5) is 0.846. The average molecular weight is 283 g/mol. The van der Waals surface area contributed by atoms with Gasteiger partial charge in [0.25, 0.3) is 0 Å². The van der Waals surface area contributed by atoms with Gasteiger partial charge < -0.3 is 5.32 Å². The zero-order valence-corrected chi connectivity index (χ0v) is 11.3. The summed E-state index contributed by atoms with van der Waals surface area (Å²) in [6, 6.07) is 7.54. The lowest BCUT2D eigenvalue weighted by atomic mass is 10.1. The van der Waals surface area contributed by atoms with Crippen LogP contribution in [0.3, 0.4) is 0 Å². The Morgan fingerprint density at radius 2 is 2.05 bits per heavy atom. The molecule has 0 bridgehead atoms. The van der Waals surface area contributed by atoms with Crippen LogP contribution in [0.4, 0.5) is 8.78 Å². The smallest absolute Gasteiger partial charge is 0.247 e. The first-order valence-electron chi connectivity index (χ1n) is 5.89. The quantitative estimate of drug-likeness (QED) is 0.800. The number of aromatic nitrogens is 2. The predicted molar refractivity (Wildman–Crippen MR) is 73.5 cm³/mol. The fourth-order valence-corrected chi connectivity index (χ4v) is 2.41. The SMILES string of the molecule is CNCc1cn[nH]c1-c1ccc(SCC(F)F)cc1. The van der Waals surface area contributed by atoms with Gasteiger partial charge in [0.05, 0.1) is 17.6 Å².